The fraction of sp³-hybridized carbons (Fsp3) is 0.214. The summed E-state index contributed by atoms with van der Waals surface area (Å²) in [6.45, 7) is 2.05. The number of nitrogen functional groups attached to an aromatic ring is 1. The van der Waals surface area contributed by atoms with Crippen LogP contribution in [0.3, 0.4) is 0 Å². The van der Waals surface area contributed by atoms with E-state index >= 15 is 0 Å². The number of carbonyl (C=O) groups is 1. The lowest BCUT2D eigenvalue weighted by Crippen LogP contribution is -2.05. The zero-order chi connectivity index (χ0) is 15.7. The van der Waals surface area contributed by atoms with Crippen LogP contribution in [0.2, 0.25) is 0 Å². The first-order chi connectivity index (χ1) is 10.7. The third kappa shape index (κ3) is 2.44. The van der Waals surface area contributed by atoms with Crippen molar-refractivity contribution in [3.05, 3.63) is 23.5 Å². The number of hydrogen-bond donors (Lipinski definition) is 1. The van der Waals surface area contributed by atoms with E-state index in [1.165, 1.54) is 23.1 Å². The number of hydrogen-bond acceptors (Lipinski definition) is 8. The molecule has 0 fully saturated rings. The Hall–Kier alpha value is -2.06. The normalized spacial score (nSPS) is 11.0. The number of rotatable bonds is 4. The highest BCUT2D eigenvalue weighted by Crippen LogP contribution is 2.39. The van der Waals surface area contributed by atoms with Crippen molar-refractivity contribution in [1.29, 1.82) is 0 Å². The first kappa shape index (κ1) is 14.9. The van der Waals surface area contributed by atoms with Crippen LogP contribution in [0, 0.1) is 0 Å². The van der Waals surface area contributed by atoms with Crippen LogP contribution in [0.1, 0.15) is 16.6 Å². The molecule has 0 amide bonds. The third-order valence-corrected chi connectivity index (χ3v) is 4.63. The van der Waals surface area contributed by atoms with Crippen LogP contribution in [-0.4, -0.2) is 28.8 Å². The Morgan fingerprint density at radius 2 is 2.32 bits per heavy atom. The van der Waals surface area contributed by atoms with E-state index in [9.17, 15) is 4.79 Å². The van der Waals surface area contributed by atoms with Crippen molar-refractivity contribution in [2.75, 3.05) is 18.6 Å². The first-order valence-corrected chi connectivity index (χ1v) is 8.53. The molecule has 8 heteroatoms. The zero-order valence-electron chi connectivity index (χ0n) is 12.0. The Bertz CT molecular complexity index is 828. The van der Waals surface area contributed by atoms with Crippen LogP contribution in [0.5, 0.6) is 0 Å². The monoisotopic (exact) mass is 335 g/mol. The summed E-state index contributed by atoms with van der Waals surface area (Å²) < 4.78 is 10.2. The Morgan fingerprint density at radius 3 is 2.95 bits per heavy atom. The van der Waals surface area contributed by atoms with E-state index in [4.69, 9.17) is 14.9 Å². The Morgan fingerprint density at radius 1 is 1.50 bits per heavy atom. The fourth-order valence-corrected chi connectivity index (χ4v) is 3.46. The number of furan rings is 1. The van der Waals surface area contributed by atoms with Gasteiger partial charge in [0, 0.05) is 5.56 Å². The average molecular weight is 335 g/mol. The summed E-state index contributed by atoms with van der Waals surface area (Å²) in [5.74, 6) is -0.438. The van der Waals surface area contributed by atoms with Crippen molar-refractivity contribution in [2.24, 2.45) is 0 Å². The van der Waals surface area contributed by atoms with Gasteiger partial charge in [0.1, 0.15) is 9.71 Å². The predicted molar refractivity (Wildman–Crippen MR) is 87.3 cm³/mol. The molecule has 0 radical (unpaired) electrons. The van der Waals surface area contributed by atoms with E-state index in [1.54, 1.807) is 25.5 Å². The number of carbonyl (C=O) groups excluding carboxylic acids is 1. The van der Waals surface area contributed by atoms with Gasteiger partial charge in [-0.05, 0) is 19.2 Å². The minimum Gasteiger partial charge on any atom is -0.472 e. The minimum atomic E-state index is -0.438. The molecule has 0 aliphatic rings. The number of ether oxygens (including phenoxy) is 1. The SMILES string of the molecule is CCOC(=O)c1sc2nc(SC)nc(-c3ccoc3)c2c1N. The minimum absolute atomic E-state index is 0.294. The lowest BCUT2D eigenvalue weighted by Gasteiger charge is -2.03. The summed E-state index contributed by atoms with van der Waals surface area (Å²) in [5, 5.41) is 1.27. The molecule has 0 aliphatic heterocycles. The first-order valence-electron chi connectivity index (χ1n) is 6.49. The lowest BCUT2D eigenvalue weighted by molar-refractivity contribution is 0.0533. The summed E-state index contributed by atoms with van der Waals surface area (Å²) in [7, 11) is 0. The predicted octanol–water partition coefficient (Wildman–Crippen LogP) is 3.43. The van der Waals surface area contributed by atoms with Gasteiger partial charge in [-0.3, -0.25) is 0 Å². The fourth-order valence-electron chi connectivity index (χ4n) is 2.05. The quantitative estimate of drug-likeness (QED) is 0.443. The molecule has 3 heterocycles. The zero-order valence-corrected chi connectivity index (χ0v) is 13.6. The van der Waals surface area contributed by atoms with Crippen LogP contribution < -0.4 is 5.73 Å². The standard InChI is InChI=1S/C14H13N3O3S2/c1-3-20-13(18)11-9(15)8-10(7-4-5-19-6-7)16-14(21-2)17-12(8)22-11/h4-6H,3,15H2,1-2H3. The highest BCUT2D eigenvalue weighted by Gasteiger charge is 2.23. The van der Waals surface area contributed by atoms with E-state index in [0.29, 0.717) is 38.2 Å². The van der Waals surface area contributed by atoms with Crippen LogP contribution in [-0.2, 0) is 4.74 Å². The number of aromatic nitrogens is 2. The summed E-state index contributed by atoms with van der Waals surface area (Å²) in [5.41, 5.74) is 7.96. The second-order valence-electron chi connectivity index (χ2n) is 4.32. The van der Waals surface area contributed by atoms with Gasteiger partial charge in [0.25, 0.3) is 0 Å². The lowest BCUT2D eigenvalue weighted by atomic mass is 10.1. The van der Waals surface area contributed by atoms with Gasteiger partial charge in [0.2, 0.25) is 0 Å². The molecule has 0 unspecified atom stereocenters. The van der Waals surface area contributed by atoms with Crippen LogP contribution in [0.25, 0.3) is 21.5 Å². The topological polar surface area (TPSA) is 91.2 Å². The molecule has 0 bridgehead atoms. The highest BCUT2D eigenvalue weighted by molar-refractivity contribution is 7.98. The van der Waals surface area contributed by atoms with E-state index in [-0.39, 0.29) is 0 Å². The molecule has 0 saturated carbocycles. The van der Waals surface area contributed by atoms with Crippen molar-refractivity contribution in [2.45, 2.75) is 12.1 Å². The number of nitrogens with zero attached hydrogens (tertiary/aromatic N) is 2. The molecule has 0 aliphatic carbocycles. The number of fused-ring (bicyclic) bond motifs is 1. The van der Waals surface area contributed by atoms with E-state index in [0.717, 1.165) is 5.56 Å². The molecule has 0 saturated heterocycles. The Labute approximate surface area is 134 Å². The van der Waals surface area contributed by atoms with Gasteiger partial charge >= 0.3 is 5.97 Å². The van der Waals surface area contributed by atoms with Crippen LogP contribution in [0.4, 0.5) is 5.69 Å². The molecular weight excluding hydrogens is 322 g/mol. The summed E-state index contributed by atoms with van der Waals surface area (Å²) in [6.07, 6.45) is 5.05. The van der Waals surface area contributed by atoms with Crippen molar-refractivity contribution in [3.63, 3.8) is 0 Å². The van der Waals surface area contributed by atoms with Gasteiger partial charge in [-0.1, -0.05) is 11.8 Å². The molecule has 114 valence electrons. The van der Waals surface area contributed by atoms with Crippen molar-refractivity contribution in [3.8, 4) is 11.3 Å². The number of thioether (sulfide) groups is 1. The molecule has 0 spiro atoms. The van der Waals surface area contributed by atoms with Gasteiger partial charge in [-0.15, -0.1) is 11.3 Å². The number of thiophene rings is 1. The van der Waals surface area contributed by atoms with E-state index < -0.39 is 5.97 Å². The Kier molecular flexibility index (Phi) is 4.04. The summed E-state index contributed by atoms with van der Waals surface area (Å²) in [6, 6.07) is 1.80. The second-order valence-corrected chi connectivity index (χ2v) is 6.09. The molecule has 0 aromatic carbocycles. The maximum absolute atomic E-state index is 12.0. The Balaban J connectivity index is 2.27. The summed E-state index contributed by atoms with van der Waals surface area (Å²) in [4.78, 5) is 22.0. The molecule has 6 nitrogen and oxygen atoms in total. The van der Waals surface area contributed by atoms with Crippen molar-refractivity contribution < 1.29 is 13.9 Å². The molecule has 3 rings (SSSR count). The molecular formula is C14H13N3O3S2. The van der Waals surface area contributed by atoms with Crippen LogP contribution in [0.15, 0.2) is 28.2 Å². The number of esters is 1. The van der Waals surface area contributed by atoms with Gasteiger partial charge < -0.3 is 14.9 Å². The second kappa shape index (κ2) is 5.98. The van der Waals surface area contributed by atoms with Crippen molar-refractivity contribution in [1.82, 2.24) is 9.97 Å². The maximum Gasteiger partial charge on any atom is 0.350 e. The molecule has 2 N–H and O–H groups in total. The largest absolute Gasteiger partial charge is 0.472 e. The molecule has 22 heavy (non-hydrogen) atoms. The van der Waals surface area contributed by atoms with Gasteiger partial charge in [0.05, 0.1) is 35.9 Å². The summed E-state index contributed by atoms with van der Waals surface area (Å²) >= 11 is 2.64. The number of anilines is 1. The van der Waals surface area contributed by atoms with E-state index in [2.05, 4.69) is 9.97 Å². The van der Waals surface area contributed by atoms with Crippen molar-refractivity contribution >= 4 is 45.0 Å². The van der Waals surface area contributed by atoms with Gasteiger partial charge in [-0.2, -0.15) is 0 Å². The number of nitrogens with two attached hydrogens (primary N) is 1. The molecule has 3 aromatic rings. The highest BCUT2D eigenvalue weighted by atomic mass is 32.2. The smallest absolute Gasteiger partial charge is 0.350 e. The molecule has 3 aromatic heterocycles. The van der Waals surface area contributed by atoms with E-state index in [1.807, 2.05) is 6.26 Å². The average Bonchev–Trinajstić information content (AvgIpc) is 3.15. The van der Waals surface area contributed by atoms with Gasteiger partial charge in [-0.25, -0.2) is 14.8 Å². The molecule has 0 atom stereocenters. The third-order valence-electron chi connectivity index (χ3n) is 3.01. The maximum atomic E-state index is 12.0. The van der Waals surface area contributed by atoms with Gasteiger partial charge in [0.15, 0.2) is 5.16 Å². The van der Waals surface area contributed by atoms with Crippen LogP contribution >= 0.6 is 23.1 Å².